The molecule has 4 rings (SSSR count). The second-order valence-electron chi connectivity index (χ2n) is 9.63. The second-order valence-corrected chi connectivity index (χ2v) is 11.3. The fourth-order valence-electron chi connectivity index (χ4n) is 4.55. The van der Waals surface area contributed by atoms with Crippen LogP contribution in [-0.2, 0) is 32.5 Å². The number of hydrogen-bond donors (Lipinski definition) is 3. The Balaban J connectivity index is 1.55. The molecular weight excluding hydrogens is 534 g/mol. The van der Waals surface area contributed by atoms with E-state index in [-0.39, 0.29) is 24.0 Å². The van der Waals surface area contributed by atoms with Crippen molar-refractivity contribution in [2.75, 3.05) is 7.11 Å². The summed E-state index contributed by atoms with van der Waals surface area (Å²) in [5.41, 5.74) is 1.53. The third-order valence-electron chi connectivity index (χ3n) is 6.70. The first kappa shape index (κ1) is 29.5. The Labute approximate surface area is 234 Å². The first-order valence-electron chi connectivity index (χ1n) is 13.2. The zero-order chi connectivity index (χ0) is 28.4. The predicted octanol–water partition coefficient (Wildman–Crippen LogP) is 3.55. The minimum atomic E-state index is -4.09. The highest BCUT2D eigenvalue weighted by Crippen LogP contribution is 2.25. The van der Waals surface area contributed by atoms with Gasteiger partial charge in [-0.15, -0.1) is 0 Å². The molecule has 1 aliphatic rings. The highest BCUT2D eigenvalue weighted by atomic mass is 32.2. The summed E-state index contributed by atoms with van der Waals surface area (Å²) >= 11 is 0. The van der Waals surface area contributed by atoms with E-state index in [4.69, 9.17) is 14.2 Å². The zero-order valence-corrected chi connectivity index (χ0v) is 23.1. The third kappa shape index (κ3) is 8.49. The van der Waals surface area contributed by atoms with Crippen LogP contribution in [0.2, 0.25) is 0 Å². The van der Waals surface area contributed by atoms with Gasteiger partial charge in [0.2, 0.25) is 10.0 Å². The van der Waals surface area contributed by atoms with Gasteiger partial charge in [-0.3, -0.25) is 4.98 Å². The number of methoxy groups -OCH3 is 1. The maximum Gasteiger partial charge on any atom is 0.407 e. The SMILES string of the molecule is COc1ccc(S(=O)(=O)NC(OC2CCCC2)[C@H](O)[C@H](Cc2ccccc2)NC(=O)OCc2cccnc2)cc1. The molecule has 1 unspecified atom stereocenters. The van der Waals surface area contributed by atoms with E-state index >= 15 is 0 Å². The molecule has 11 heteroatoms. The van der Waals surface area contributed by atoms with Crippen LogP contribution in [0.15, 0.2) is 84.0 Å². The van der Waals surface area contributed by atoms with Crippen molar-refractivity contribution in [2.45, 2.75) is 68.1 Å². The first-order valence-corrected chi connectivity index (χ1v) is 14.7. The molecule has 0 radical (unpaired) electrons. The van der Waals surface area contributed by atoms with Crippen LogP contribution in [0.25, 0.3) is 0 Å². The number of aliphatic hydroxyl groups is 1. The lowest BCUT2D eigenvalue weighted by Crippen LogP contribution is -2.56. The number of nitrogens with one attached hydrogen (secondary N) is 2. The van der Waals surface area contributed by atoms with Crippen LogP contribution in [0.1, 0.15) is 36.8 Å². The minimum absolute atomic E-state index is 0.0102. The van der Waals surface area contributed by atoms with Gasteiger partial charge in [0.15, 0.2) is 0 Å². The number of hydrogen-bond acceptors (Lipinski definition) is 8. The van der Waals surface area contributed by atoms with Crippen LogP contribution in [0.4, 0.5) is 4.79 Å². The topological polar surface area (TPSA) is 136 Å². The minimum Gasteiger partial charge on any atom is -0.497 e. The van der Waals surface area contributed by atoms with Gasteiger partial charge in [0.05, 0.1) is 24.2 Å². The van der Waals surface area contributed by atoms with Crippen LogP contribution >= 0.6 is 0 Å². The summed E-state index contributed by atoms with van der Waals surface area (Å²) < 4.78 is 45.8. The van der Waals surface area contributed by atoms with Gasteiger partial charge in [-0.25, -0.2) is 13.2 Å². The number of aliphatic hydroxyl groups excluding tert-OH is 1. The van der Waals surface area contributed by atoms with Gasteiger partial charge in [-0.05, 0) is 55.2 Å². The average molecular weight is 570 g/mol. The summed E-state index contributed by atoms with van der Waals surface area (Å²) in [6.45, 7) is -0.0140. The van der Waals surface area contributed by atoms with E-state index in [0.29, 0.717) is 11.3 Å². The molecule has 0 spiro atoms. The molecular formula is C29H35N3O7S. The lowest BCUT2D eigenvalue weighted by atomic mass is 10.0. The van der Waals surface area contributed by atoms with Crippen molar-refractivity contribution in [1.82, 2.24) is 15.0 Å². The van der Waals surface area contributed by atoms with E-state index in [2.05, 4.69) is 15.0 Å². The number of sulfonamides is 1. The van der Waals surface area contributed by atoms with E-state index in [1.807, 2.05) is 30.3 Å². The van der Waals surface area contributed by atoms with Gasteiger partial charge in [0.1, 0.15) is 24.7 Å². The molecule has 1 saturated carbocycles. The molecule has 3 N–H and O–H groups in total. The molecule has 0 bridgehead atoms. The van der Waals surface area contributed by atoms with Gasteiger partial charge in [0.25, 0.3) is 0 Å². The number of benzene rings is 2. The summed E-state index contributed by atoms with van der Waals surface area (Å²) in [5, 5.41) is 14.3. The lowest BCUT2D eigenvalue weighted by molar-refractivity contribution is -0.0899. The Bertz CT molecular complexity index is 1300. The predicted molar refractivity (Wildman–Crippen MR) is 148 cm³/mol. The third-order valence-corrected chi connectivity index (χ3v) is 8.13. The van der Waals surface area contributed by atoms with Crippen molar-refractivity contribution in [3.8, 4) is 5.75 Å². The molecule has 1 amide bonds. The van der Waals surface area contributed by atoms with E-state index < -0.39 is 34.5 Å². The Morgan fingerprint density at radius 2 is 1.73 bits per heavy atom. The van der Waals surface area contributed by atoms with Crippen molar-refractivity contribution < 1.29 is 32.5 Å². The lowest BCUT2D eigenvalue weighted by Gasteiger charge is -2.32. The number of rotatable bonds is 13. The smallest absolute Gasteiger partial charge is 0.407 e. The molecule has 1 heterocycles. The van der Waals surface area contributed by atoms with Crippen LogP contribution in [0, 0.1) is 0 Å². The van der Waals surface area contributed by atoms with Gasteiger partial charge in [-0.1, -0.05) is 49.2 Å². The second kappa shape index (κ2) is 14.2. The molecule has 214 valence electrons. The molecule has 10 nitrogen and oxygen atoms in total. The highest BCUT2D eigenvalue weighted by Gasteiger charge is 2.36. The number of pyridine rings is 1. The van der Waals surface area contributed by atoms with Crippen LogP contribution in [-0.4, -0.2) is 56.2 Å². The maximum absolute atomic E-state index is 13.3. The average Bonchev–Trinajstić information content (AvgIpc) is 3.49. The van der Waals surface area contributed by atoms with Gasteiger partial charge in [-0.2, -0.15) is 4.72 Å². The molecule has 0 aliphatic heterocycles. The fourth-order valence-corrected chi connectivity index (χ4v) is 5.68. The molecule has 0 saturated heterocycles. The number of carbonyl (C=O) groups is 1. The molecule has 40 heavy (non-hydrogen) atoms. The van der Waals surface area contributed by atoms with Gasteiger partial charge >= 0.3 is 6.09 Å². The Kier molecular flexibility index (Phi) is 10.5. The summed E-state index contributed by atoms with van der Waals surface area (Å²) in [7, 11) is -2.60. The molecule has 2 aromatic carbocycles. The molecule has 3 aromatic rings. The highest BCUT2D eigenvalue weighted by molar-refractivity contribution is 7.89. The molecule has 1 fully saturated rings. The van der Waals surface area contributed by atoms with E-state index in [0.717, 1.165) is 31.2 Å². The van der Waals surface area contributed by atoms with Crippen molar-refractivity contribution >= 4 is 16.1 Å². The quantitative estimate of drug-likeness (QED) is 0.266. The van der Waals surface area contributed by atoms with E-state index in [1.165, 1.54) is 31.4 Å². The Hall–Kier alpha value is -3.51. The number of aromatic nitrogens is 1. The van der Waals surface area contributed by atoms with Crippen molar-refractivity contribution in [1.29, 1.82) is 0 Å². The van der Waals surface area contributed by atoms with E-state index in [9.17, 15) is 18.3 Å². The Morgan fingerprint density at radius 1 is 1.02 bits per heavy atom. The summed E-state index contributed by atoms with van der Waals surface area (Å²) in [6.07, 6.45) is 3.04. The fraction of sp³-hybridized carbons (Fsp3) is 0.379. The number of nitrogens with zero attached hydrogens (tertiary/aromatic N) is 1. The number of ether oxygens (including phenoxy) is 3. The van der Waals surface area contributed by atoms with E-state index in [1.54, 1.807) is 24.5 Å². The van der Waals surface area contributed by atoms with Crippen LogP contribution in [0.3, 0.4) is 0 Å². The Morgan fingerprint density at radius 3 is 2.38 bits per heavy atom. The number of amides is 1. The van der Waals surface area contributed by atoms with Crippen LogP contribution < -0.4 is 14.8 Å². The number of alkyl carbamates (subject to hydrolysis) is 1. The largest absolute Gasteiger partial charge is 0.497 e. The normalized spacial score (nSPS) is 16.1. The standard InChI is InChI=1S/C29H35N3O7S/c1-37-23-13-15-25(16-14-23)40(35,36)32-28(39-24-11-5-6-12-24)27(33)26(18-21-8-3-2-4-9-21)31-29(34)38-20-22-10-7-17-30-19-22/h2-4,7-10,13-17,19,24,26-28,32-33H,5-6,11-12,18,20H2,1H3,(H,31,34)/t26-,27+,28?/m0/s1. The maximum atomic E-state index is 13.3. The molecule has 1 aliphatic carbocycles. The van der Waals surface area contributed by atoms with Crippen molar-refractivity contribution in [3.05, 3.63) is 90.3 Å². The number of carbonyl (C=O) groups excluding carboxylic acids is 1. The van der Waals surface area contributed by atoms with Crippen molar-refractivity contribution in [2.24, 2.45) is 0 Å². The van der Waals surface area contributed by atoms with Crippen molar-refractivity contribution in [3.63, 3.8) is 0 Å². The monoisotopic (exact) mass is 569 g/mol. The summed E-state index contributed by atoms with van der Waals surface area (Å²) in [4.78, 5) is 16.8. The van der Waals surface area contributed by atoms with Gasteiger partial charge in [0, 0.05) is 18.0 Å². The van der Waals surface area contributed by atoms with Crippen LogP contribution in [0.5, 0.6) is 5.75 Å². The first-order chi connectivity index (χ1) is 19.3. The summed E-state index contributed by atoms with van der Waals surface area (Å²) in [5.74, 6) is 0.509. The molecule has 3 atom stereocenters. The van der Waals surface area contributed by atoms with Gasteiger partial charge < -0.3 is 24.6 Å². The summed E-state index contributed by atoms with van der Waals surface area (Å²) in [6, 6.07) is 17.7. The zero-order valence-electron chi connectivity index (χ0n) is 22.3. The molecule has 1 aromatic heterocycles.